The van der Waals surface area contributed by atoms with E-state index in [4.69, 9.17) is 5.73 Å². The molecule has 1 atom stereocenters. The highest BCUT2D eigenvalue weighted by Crippen LogP contribution is 2.35. The van der Waals surface area contributed by atoms with Gasteiger partial charge in [0.05, 0.1) is 9.83 Å². The molecule has 1 aliphatic rings. The van der Waals surface area contributed by atoms with Crippen molar-refractivity contribution < 1.29 is 0 Å². The van der Waals surface area contributed by atoms with E-state index in [2.05, 4.69) is 39.9 Å². The molecule has 0 saturated heterocycles. The lowest BCUT2D eigenvalue weighted by Gasteiger charge is -2.29. The molecule has 2 N–H and O–H groups in total. The SMILES string of the molecule is CCN(CC1CC1)C(CN)c1ccc(Br)s1. The summed E-state index contributed by atoms with van der Waals surface area (Å²) in [5, 5.41) is 0. The summed E-state index contributed by atoms with van der Waals surface area (Å²) in [4.78, 5) is 3.91. The van der Waals surface area contributed by atoms with Crippen molar-refractivity contribution in [2.24, 2.45) is 11.7 Å². The maximum atomic E-state index is 5.94. The Kier molecular flexibility index (Phi) is 4.41. The fourth-order valence-corrected chi connectivity index (χ4v) is 3.63. The van der Waals surface area contributed by atoms with Crippen molar-refractivity contribution in [2.45, 2.75) is 25.8 Å². The lowest BCUT2D eigenvalue weighted by molar-refractivity contribution is 0.206. The third kappa shape index (κ3) is 3.06. The first-order chi connectivity index (χ1) is 7.74. The standard InChI is InChI=1S/C12H19BrN2S/c1-2-15(8-9-3-4-9)10(7-14)11-5-6-12(13)16-11/h5-6,9-10H,2-4,7-8,14H2,1H3. The molecule has 16 heavy (non-hydrogen) atoms. The van der Waals surface area contributed by atoms with Crippen molar-refractivity contribution in [1.29, 1.82) is 0 Å². The molecule has 2 nitrogen and oxygen atoms in total. The zero-order valence-electron chi connectivity index (χ0n) is 9.66. The molecule has 0 aromatic carbocycles. The first-order valence-corrected chi connectivity index (χ1v) is 7.55. The van der Waals surface area contributed by atoms with Crippen molar-refractivity contribution in [3.63, 3.8) is 0 Å². The number of likely N-dealkylation sites (N-methyl/N-ethyl adjacent to an activating group) is 1. The highest BCUT2D eigenvalue weighted by molar-refractivity contribution is 9.11. The lowest BCUT2D eigenvalue weighted by Crippen LogP contribution is -2.34. The van der Waals surface area contributed by atoms with Gasteiger partial charge in [-0.2, -0.15) is 0 Å². The van der Waals surface area contributed by atoms with Crippen LogP contribution in [0.25, 0.3) is 0 Å². The second-order valence-corrected chi connectivity index (χ2v) is 6.92. The minimum Gasteiger partial charge on any atom is -0.329 e. The van der Waals surface area contributed by atoms with Crippen LogP contribution in [0.1, 0.15) is 30.7 Å². The van der Waals surface area contributed by atoms with E-state index in [9.17, 15) is 0 Å². The van der Waals surface area contributed by atoms with Gasteiger partial charge in [0.15, 0.2) is 0 Å². The average molecular weight is 303 g/mol. The van der Waals surface area contributed by atoms with Gasteiger partial charge in [-0.15, -0.1) is 11.3 Å². The second kappa shape index (κ2) is 5.63. The molecule has 0 amide bonds. The zero-order valence-corrected chi connectivity index (χ0v) is 12.1. The summed E-state index contributed by atoms with van der Waals surface area (Å²) in [6.45, 7) is 5.25. The molecular formula is C12H19BrN2S. The summed E-state index contributed by atoms with van der Waals surface area (Å²) >= 11 is 5.33. The third-order valence-corrected chi connectivity index (χ3v) is 4.91. The van der Waals surface area contributed by atoms with Crippen molar-refractivity contribution in [2.75, 3.05) is 19.6 Å². The molecule has 0 spiro atoms. The highest BCUT2D eigenvalue weighted by Gasteiger charge is 2.27. The highest BCUT2D eigenvalue weighted by atomic mass is 79.9. The molecule has 2 rings (SSSR count). The molecule has 4 heteroatoms. The van der Waals surface area contributed by atoms with E-state index in [1.54, 1.807) is 11.3 Å². The van der Waals surface area contributed by atoms with Gasteiger partial charge in [-0.1, -0.05) is 6.92 Å². The fraction of sp³-hybridized carbons (Fsp3) is 0.667. The van der Waals surface area contributed by atoms with Crippen LogP contribution in [0, 0.1) is 5.92 Å². The minimum absolute atomic E-state index is 0.405. The van der Waals surface area contributed by atoms with Gasteiger partial charge in [-0.3, -0.25) is 4.90 Å². The van der Waals surface area contributed by atoms with Crippen molar-refractivity contribution in [3.8, 4) is 0 Å². The Balaban J connectivity index is 2.06. The summed E-state index contributed by atoms with van der Waals surface area (Å²) in [7, 11) is 0. The van der Waals surface area contributed by atoms with E-state index in [0.29, 0.717) is 12.6 Å². The van der Waals surface area contributed by atoms with Gasteiger partial charge < -0.3 is 5.73 Å². The van der Waals surface area contributed by atoms with Crippen LogP contribution in [-0.4, -0.2) is 24.5 Å². The van der Waals surface area contributed by atoms with E-state index in [1.165, 1.54) is 28.0 Å². The topological polar surface area (TPSA) is 29.3 Å². The summed E-state index contributed by atoms with van der Waals surface area (Å²) in [6.07, 6.45) is 2.81. The first-order valence-electron chi connectivity index (χ1n) is 5.94. The summed E-state index contributed by atoms with van der Waals surface area (Å²) in [6, 6.07) is 4.72. The van der Waals surface area contributed by atoms with Crippen LogP contribution in [0.2, 0.25) is 0 Å². The molecule has 1 saturated carbocycles. The molecule has 1 heterocycles. The molecule has 1 aliphatic carbocycles. The van der Waals surface area contributed by atoms with Gasteiger partial charge in [0.25, 0.3) is 0 Å². The van der Waals surface area contributed by atoms with Gasteiger partial charge in [0, 0.05) is 18.0 Å². The summed E-state index contributed by atoms with van der Waals surface area (Å²) in [5.74, 6) is 0.928. The van der Waals surface area contributed by atoms with Crippen molar-refractivity contribution in [3.05, 3.63) is 20.8 Å². The third-order valence-electron chi connectivity index (χ3n) is 3.18. The maximum Gasteiger partial charge on any atom is 0.0702 e. The Morgan fingerprint density at radius 2 is 2.31 bits per heavy atom. The predicted octanol–water partition coefficient (Wildman–Crippen LogP) is 3.24. The Morgan fingerprint density at radius 1 is 1.56 bits per heavy atom. The summed E-state index contributed by atoms with van der Waals surface area (Å²) in [5.41, 5.74) is 5.94. The van der Waals surface area contributed by atoms with Gasteiger partial charge in [0.1, 0.15) is 0 Å². The van der Waals surface area contributed by atoms with Gasteiger partial charge >= 0.3 is 0 Å². The lowest BCUT2D eigenvalue weighted by atomic mass is 10.2. The van der Waals surface area contributed by atoms with Gasteiger partial charge in [-0.05, 0) is 53.4 Å². The van der Waals surface area contributed by atoms with E-state index < -0.39 is 0 Å². The number of hydrogen-bond acceptors (Lipinski definition) is 3. The van der Waals surface area contributed by atoms with Crippen molar-refractivity contribution in [1.82, 2.24) is 4.90 Å². The van der Waals surface area contributed by atoms with Crippen LogP contribution in [0.3, 0.4) is 0 Å². The van der Waals surface area contributed by atoms with Crippen molar-refractivity contribution >= 4 is 27.3 Å². The van der Waals surface area contributed by atoms with Crippen LogP contribution in [0.15, 0.2) is 15.9 Å². The van der Waals surface area contributed by atoms with Crippen LogP contribution in [0.4, 0.5) is 0 Å². The quantitative estimate of drug-likeness (QED) is 0.874. The molecule has 1 aromatic rings. The molecule has 0 aliphatic heterocycles. The van der Waals surface area contributed by atoms with Crippen LogP contribution < -0.4 is 5.73 Å². The second-order valence-electron chi connectivity index (χ2n) is 4.42. The molecule has 1 fully saturated rings. The minimum atomic E-state index is 0.405. The first kappa shape index (κ1) is 12.6. The largest absolute Gasteiger partial charge is 0.329 e. The molecule has 1 unspecified atom stereocenters. The maximum absolute atomic E-state index is 5.94. The van der Waals surface area contributed by atoms with E-state index in [1.807, 2.05) is 0 Å². The monoisotopic (exact) mass is 302 g/mol. The Bertz CT molecular complexity index is 336. The van der Waals surface area contributed by atoms with Gasteiger partial charge in [-0.25, -0.2) is 0 Å². The normalized spacial score (nSPS) is 18.0. The number of thiophene rings is 1. The molecule has 0 bridgehead atoms. The molecule has 1 aromatic heterocycles. The number of halogens is 1. The zero-order chi connectivity index (χ0) is 11.5. The number of hydrogen-bond donors (Lipinski definition) is 1. The van der Waals surface area contributed by atoms with E-state index in [-0.39, 0.29) is 0 Å². The smallest absolute Gasteiger partial charge is 0.0702 e. The average Bonchev–Trinajstić information content (AvgIpc) is 3.00. The molecular weight excluding hydrogens is 284 g/mol. The Hall–Kier alpha value is 0.1000. The van der Waals surface area contributed by atoms with Crippen LogP contribution in [0.5, 0.6) is 0 Å². The molecule has 0 radical (unpaired) electrons. The van der Waals surface area contributed by atoms with Crippen LogP contribution >= 0.6 is 27.3 Å². The number of nitrogens with two attached hydrogens (primary N) is 1. The van der Waals surface area contributed by atoms with E-state index >= 15 is 0 Å². The van der Waals surface area contributed by atoms with E-state index in [0.717, 1.165) is 12.5 Å². The van der Waals surface area contributed by atoms with Crippen LogP contribution in [-0.2, 0) is 0 Å². The fourth-order valence-electron chi connectivity index (χ4n) is 2.06. The van der Waals surface area contributed by atoms with Gasteiger partial charge in [0.2, 0.25) is 0 Å². The number of nitrogens with zero attached hydrogens (tertiary/aromatic N) is 1. The Morgan fingerprint density at radius 3 is 2.75 bits per heavy atom. The predicted molar refractivity (Wildman–Crippen MR) is 73.8 cm³/mol. The number of rotatable bonds is 6. The molecule has 90 valence electrons. The summed E-state index contributed by atoms with van der Waals surface area (Å²) < 4.78 is 1.20. The Labute approximate surface area is 110 Å².